The van der Waals surface area contributed by atoms with Crippen LogP contribution in [-0.2, 0) is 11.2 Å². The highest BCUT2D eigenvalue weighted by Gasteiger charge is 2.14. The Morgan fingerprint density at radius 3 is 2.85 bits per heavy atom. The minimum atomic E-state index is -0.425. The second-order valence-electron chi connectivity index (χ2n) is 5.48. The summed E-state index contributed by atoms with van der Waals surface area (Å²) in [5, 5.41) is 2.86. The molecule has 0 saturated carbocycles. The summed E-state index contributed by atoms with van der Waals surface area (Å²) in [5.74, 6) is 1.21. The Morgan fingerprint density at radius 1 is 1.40 bits per heavy atom. The van der Waals surface area contributed by atoms with Crippen LogP contribution in [-0.4, -0.2) is 28.5 Å². The molecule has 108 valence electrons. The van der Waals surface area contributed by atoms with Gasteiger partial charge in [-0.1, -0.05) is 26.0 Å². The second kappa shape index (κ2) is 6.52. The molecule has 1 amide bonds. The zero-order valence-electron chi connectivity index (χ0n) is 12.0. The van der Waals surface area contributed by atoms with Gasteiger partial charge < -0.3 is 16.0 Å². The highest BCUT2D eigenvalue weighted by Crippen LogP contribution is 2.10. The molecule has 4 N–H and O–H groups in total. The molecular formula is C15H22N4O. The van der Waals surface area contributed by atoms with Crippen LogP contribution in [0.25, 0.3) is 11.0 Å². The summed E-state index contributed by atoms with van der Waals surface area (Å²) in [6.45, 7) is 4.66. The van der Waals surface area contributed by atoms with Gasteiger partial charge in [0.05, 0.1) is 17.1 Å². The Bertz CT molecular complexity index is 543. The molecule has 1 atom stereocenters. The smallest absolute Gasteiger partial charge is 0.236 e. The predicted molar refractivity (Wildman–Crippen MR) is 80.2 cm³/mol. The summed E-state index contributed by atoms with van der Waals surface area (Å²) in [5.41, 5.74) is 7.79. The molecule has 2 rings (SSSR count). The number of aromatic nitrogens is 2. The quantitative estimate of drug-likeness (QED) is 0.748. The lowest BCUT2D eigenvalue weighted by atomic mass is 10.0. The van der Waals surface area contributed by atoms with Crippen LogP contribution >= 0.6 is 0 Å². The average molecular weight is 274 g/mol. The van der Waals surface area contributed by atoms with Gasteiger partial charge in [-0.25, -0.2) is 4.98 Å². The number of H-pyrrole nitrogens is 1. The van der Waals surface area contributed by atoms with Gasteiger partial charge in [0.1, 0.15) is 5.82 Å². The monoisotopic (exact) mass is 274 g/mol. The molecule has 5 nitrogen and oxygen atoms in total. The molecule has 20 heavy (non-hydrogen) atoms. The van der Waals surface area contributed by atoms with Gasteiger partial charge >= 0.3 is 0 Å². The lowest BCUT2D eigenvalue weighted by Gasteiger charge is -2.13. The number of imidazole rings is 1. The predicted octanol–water partition coefficient (Wildman–Crippen LogP) is 1.59. The van der Waals surface area contributed by atoms with Crippen molar-refractivity contribution >= 4 is 16.9 Å². The van der Waals surface area contributed by atoms with Crippen LogP contribution in [0.2, 0.25) is 0 Å². The Labute approximate surface area is 119 Å². The number of hydrogen-bond acceptors (Lipinski definition) is 3. The topological polar surface area (TPSA) is 83.8 Å². The van der Waals surface area contributed by atoms with Crippen molar-refractivity contribution in [2.45, 2.75) is 32.7 Å². The number of nitrogens with two attached hydrogens (primary N) is 1. The van der Waals surface area contributed by atoms with Crippen LogP contribution in [0, 0.1) is 5.92 Å². The third-order valence-electron chi connectivity index (χ3n) is 3.16. The fourth-order valence-electron chi connectivity index (χ4n) is 2.17. The van der Waals surface area contributed by atoms with E-state index in [1.54, 1.807) is 0 Å². The third kappa shape index (κ3) is 3.81. The highest BCUT2D eigenvalue weighted by molar-refractivity contribution is 5.81. The van der Waals surface area contributed by atoms with E-state index < -0.39 is 6.04 Å². The number of carbonyl (C=O) groups excluding carboxylic acids is 1. The molecular weight excluding hydrogens is 252 g/mol. The average Bonchev–Trinajstić information content (AvgIpc) is 2.80. The molecule has 0 spiro atoms. The minimum absolute atomic E-state index is 0.0881. The molecule has 0 saturated heterocycles. The van der Waals surface area contributed by atoms with Crippen LogP contribution < -0.4 is 11.1 Å². The molecule has 0 unspecified atom stereocenters. The van der Waals surface area contributed by atoms with E-state index in [1.165, 1.54) is 0 Å². The number of amides is 1. The normalized spacial score (nSPS) is 12.8. The number of hydrogen-bond donors (Lipinski definition) is 3. The molecule has 0 aliphatic carbocycles. The lowest BCUT2D eigenvalue weighted by Crippen LogP contribution is -2.42. The van der Waals surface area contributed by atoms with Gasteiger partial charge in [-0.2, -0.15) is 0 Å². The van der Waals surface area contributed by atoms with Gasteiger partial charge in [0.15, 0.2) is 0 Å². The molecule has 2 aromatic rings. The first-order chi connectivity index (χ1) is 9.56. The van der Waals surface area contributed by atoms with Crippen LogP contribution in [0.1, 0.15) is 26.1 Å². The number of para-hydroxylation sites is 2. The number of carbonyl (C=O) groups is 1. The zero-order valence-corrected chi connectivity index (χ0v) is 12.0. The Morgan fingerprint density at radius 2 is 2.15 bits per heavy atom. The van der Waals surface area contributed by atoms with E-state index in [0.29, 0.717) is 25.3 Å². The molecule has 0 aliphatic rings. The van der Waals surface area contributed by atoms with E-state index in [1.807, 2.05) is 24.3 Å². The fourth-order valence-corrected chi connectivity index (χ4v) is 2.17. The lowest BCUT2D eigenvalue weighted by molar-refractivity contribution is -0.122. The van der Waals surface area contributed by atoms with Gasteiger partial charge in [-0.05, 0) is 24.5 Å². The number of benzene rings is 1. The fraction of sp³-hybridized carbons (Fsp3) is 0.467. The summed E-state index contributed by atoms with van der Waals surface area (Å²) in [6, 6.07) is 7.46. The van der Waals surface area contributed by atoms with E-state index in [4.69, 9.17) is 5.73 Å². The summed E-state index contributed by atoms with van der Waals surface area (Å²) in [7, 11) is 0. The molecule has 5 heteroatoms. The number of nitrogens with one attached hydrogen (secondary N) is 2. The molecule has 0 aliphatic heterocycles. The van der Waals surface area contributed by atoms with E-state index in [0.717, 1.165) is 16.9 Å². The first-order valence-electron chi connectivity index (χ1n) is 7.03. The third-order valence-corrected chi connectivity index (χ3v) is 3.16. The molecule has 1 aromatic heterocycles. The highest BCUT2D eigenvalue weighted by atomic mass is 16.2. The number of rotatable bonds is 6. The van der Waals surface area contributed by atoms with Crippen molar-refractivity contribution in [3.8, 4) is 0 Å². The first kappa shape index (κ1) is 14.5. The van der Waals surface area contributed by atoms with Gasteiger partial charge in [-0.3, -0.25) is 4.79 Å². The maximum atomic E-state index is 11.8. The molecule has 1 heterocycles. The second-order valence-corrected chi connectivity index (χ2v) is 5.48. The van der Waals surface area contributed by atoms with Crippen molar-refractivity contribution in [1.82, 2.24) is 15.3 Å². The van der Waals surface area contributed by atoms with Gasteiger partial charge in [-0.15, -0.1) is 0 Å². The van der Waals surface area contributed by atoms with E-state index in [9.17, 15) is 4.79 Å². The van der Waals surface area contributed by atoms with Gasteiger partial charge in [0.25, 0.3) is 0 Å². The SMILES string of the molecule is CC(C)C[C@H](N)C(=O)NCCc1nc2ccccc2[nH]1. The van der Waals surface area contributed by atoms with Gasteiger partial charge in [0.2, 0.25) is 5.91 Å². The number of aromatic amines is 1. The Hall–Kier alpha value is -1.88. The Kier molecular flexibility index (Phi) is 4.74. The molecule has 0 fully saturated rings. The van der Waals surface area contributed by atoms with Crippen LogP contribution in [0.15, 0.2) is 24.3 Å². The van der Waals surface area contributed by atoms with Crippen molar-refractivity contribution in [2.75, 3.05) is 6.54 Å². The maximum absolute atomic E-state index is 11.8. The zero-order chi connectivity index (χ0) is 14.5. The van der Waals surface area contributed by atoms with Crippen molar-refractivity contribution in [1.29, 1.82) is 0 Å². The molecule has 0 bridgehead atoms. The standard InChI is InChI=1S/C15H22N4O/c1-10(2)9-11(16)15(20)17-8-7-14-18-12-5-3-4-6-13(12)19-14/h3-6,10-11H,7-9,16H2,1-2H3,(H,17,20)(H,18,19)/t11-/m0/s1. The van der Waals surface area contributed by atoms with Crippen molar-refractivity contribution in [3.63, 3.8) is 0 Å². The van der Waals surface area contributed by atoms with Gasteiger partial charge in [0, 0.05) is 13.0 Å². The van der Waals surface area contributed by atoms with E-state index in [-0.39, 0.29) is 5.91 Å². The first-order valence-corrected chi connectivity index (χ1v) is 7.03. The van der Waals surface area contributed by atoms with Crippen molar-refractivity contribution in [2.24, 2.45) is 11.7 Å². The minimum Gasteiger partial charge on any atom is -0.354 e. The Balaban J connectivity index is 1.82. The number of fused-ring (bicyclic) bond motifs is 1. The summed E-state index contributed by atoms with van der Waals surface area (Å²) < 4.78 is 0. The maximum Gasteiger partial charge on any atom is 0.236 e. The van der Waals surface area contributed by atoms with Crippen molar-refractivity contribution in [3.05, 3.63) is 30.1 Å². The van der Waals surface area contributed by atoms with E-state index in [2.05, 4.69) is 29.1 Å². The van der Waals surface area contributed by atoms with Crippen LogP contribution in [0.5, 0.6) is 0 Å². The largest absolute Gasteiger partial charge is 0.354 e. The summed E-state index contributed by atoms with van der Waals surface area (Å²) in [6.07, 6.45) is 1.38. The summed E-state index contributed by atoms with van der Waals surface area (Å²) in [4.78, 5) is 19.5. The molecule has 0 radical (unpaired) electrons. The summed E-state index contributed by atoms with van der Waals surface area (Å²) >= 11 is 0. The van der Waals surface area contributed by atoms with E-state index >= 15 is 0 Å². The van der Waals surface area contributed by atoms with Crippen LogP contribution in [0.3, 0.4) is 0 Å². The van der Waals surface area contributed by atoms with Crippen LogP contribution in [0.4, 0.5) is 0 Å². The number of nitrogens with zero attached hydrogens (tertiary/aromatic N) is 1. The van der Waals surface area contributed by atoms with Crippen molar-refractivity contribution < 1.29 is 4.79 Å². The molecule has 1 aromatic carbocycles.